The lowest BCUT2D eigenvalue weighted by Crippen LogP contribution is -2.31. The van der Waals surface area contributed by atoms with Gasteiger partial charge in [0.15, 0.2) is 17.1 Å². The molecule has 0 saturated carbocycles. The Morgan fingerprint density at radius 1 is 1.21 bits per heavy atom. The molecule has 16 nitrogen and oxygen atoms in total. The minimum atomic E-state index is -0.427. The Bertz CT molecular complexity index is 1380. The van der Waals surface area contributed by atoms with Gasteiger partial charge in [0.1, 0.15) is 0 Å². The number of carbonyl (C=O) groups excluding carboxylic acids is 3. The maximum Gasteiger partial charge on any atom is 0.373 e. The first-order valence-electron chi connectivity index (χ1n) is 11.4. The summed E-state index contributed by atoms with van der Waals surface area (Å²) in [6.07, 6.45) is 2.66. The van der Waals surface area contributed by atoms with E-state index in [4.69, 9.17) is 32.2 Å². The van der Waals surface area contributed by atoms with Crippen molar-refractivity contribution in [1.29, 1.82) is 5.41 Å². The van der Waals surface area contributed by atoms with E-state index in [1.165, 1.54) is 11.1 Å². The van der Waals surface area contributed by atoms with E-state index < -0.39 is 5.56 Å². The quantitative estimate of drug-likeness (QED) is 0.156. The van der Waals surface area contributed by atoms with Crippen LogP contribution < -0.4 is 33.4 Å². The van der Waals surface area contributed by atoms with Crippen LogP contribution in [0.2, 0.25) is 0 Å². The molecule has 0 bridgehead atoms. The van der Waals surface area contributed by atoms with Gasteiger partial charge in [0.2, 0.25) is 11.9 Å². The van der Waals surface area contributed by atoms with Crippen molar-refractivity contribution >= 4 is 46.8 Å². The zero-order chi connectivity index (χ0) is 29.5. The van der Waals surface area contributed by atoms with Crippen LogP contribution in [-0.2, 0) is 16.1 Å². The number of aromatic amines is 1. The third-order valence-corrected chi connectivity index (χ3v) is 4.76. The highest BCUT2D eigenvalue weighted by atomic mass is 16.2. The summed E-state index contributed by atoms with van der Waals surface area (Å²) in [5.41, 5.74) is 17.4. The molecule has 0 saturated heterocycles. The zero-order valence-corrected chi connectivity index (χ0v) is 22.0. The third kappa shape index (κ3) is 11.1. The van der Waals surface area contributed by atoms with Gasteiger partial charge in [-0.05, 0) is 37.6 Å². The lowest BCUT2D eigenvalue weighted by molar-refractivity contribution is -0.191. The van der Waals surface area contributed by atoms with E-state index in [1.54, 1.807) is 26.2 Å². The van der Waals surface area contributed by atoms with Gasteiger partial charge in [-0.3, -0.25) is 20.0 Å². The molecule has 3 aromatic rings. The number of nitrogens with one attached hydrogen (secondary N) is 4. The van der Waals surface area contributed by atoms with Crippen molar-refractivity contribution in [2.24, 2.45) is 16.5 Å². The van der Waals surface area contributed by atoms with Crippen LogP contribution >= 0.6 is 0 Å². The van der Waals surface area contributed by atoms with Crippen LogP contribution in [0.1, 0.15) is 36.3 Å². The molecule has 0 fully saturated rings. The molecule has 1 unspecified atom stereocenters. The summed E-state index contributed by atoms with van der Waals surface area (Å²) in [5, 5.41) is 13.2. The van der Waals surface area contributed by atoms with Gasteiger partial charge in [-0.1, -0.05) is 6.92 Å². The van der Waals surface area contributed by atoms with Gasteiger partial charge in [0.05, 0.1) is 18.4 Å². The van der Waals surface area contributed by atoms with Crippen molar-refractivity contribution in [2.45, 2.75) is 32.9 Å². The molecule has 1 atom stereocenters. The Hall–Kier alpha value is -5.37. The van der Waals surface area contributed by atoms with Crippen LogP contribution in [0.15, 0.2) is 40.2 Å². The number of nitrogens with zero attached hydrogens (tertiary/aromatic N) is 5. The summed E-state index contributed by atoms with van der Waals surface area (Å²) in [5.74, 6) is -0.129. The second kappa shape index (κ2) is 15.7. The summed E-state index contributed by atoms with van der Waals surface area (Å²) in [6.45, 7) is 4.35. The Morgan fingerprint density at radius 2 is 1.82 bits per heavy atom. The number of hydrogen-bond acceptors (Lipinski definition) is 10. The van der Waals surface area contributed by atoms with Crippen LogP contribution in [0, 0.1) is 5.41 Å². The van der Waals surface area contributed by atoms with Crippen molar-refractivity contribution in [1.82, 2.24) is 30.2 Å². The number of guanidine groups is 2. The molecular weight excluding hydrogens is 508 g/mol. The maximum atomic E-state index is 12.1. The van der Waals surface area contributed by atoms with Gasteiger partial charge in [0, 0.05) is 31.4 Å². The summed E-state index contributed by atoms with van der Waals surface area (Å²) < 4.78 is 0. The topological polar surface area (TPSA) is 264 Å². The predicted octanol–water partition coefficient (Wildman–Crippen LogP) is -0.392. The first-order chi connectivity index (χ1) is 18.4. The molecule has 208 valence electrons. The molecule has 10 N–H and O–H groups in total. The van der Waals surface area contributed by atoms with Crippen LogP contribution in [0.5, 0.6) is 0 Å². The number of carbonyl (C=O) groups is 1. The van der Waals surface area contributed by atoms with E-state index in [0.29, 0.717) is 17.8 Å². The molecule has 1 amide bonds. The zero-order valence-electron chi connectivity index (χ0n) is 22.0. The molecule has 0 aliphatic heterocycles. The number of aliphatic imine (C=N–C) groups is 1. The van der Waals surface area contributed by atoms with Gasteiger partial charge < -0.3 is 32.7 Å². The fourth-order valence-corrected chi connectivity index (χ4v) is 2.62. The Kier molecular flexibility index (Phi) is 12.7. The lowest BCUT2D eigenvalue weighted by Gasteiger charge is -2.12. The highest BCUT2D eigenvalue weighted by Gasteiger charge is 2.09. The molecule has 3 rings (SSSR count). The number of aromatic nitrogens is 4. The van der Waals surface area contributed by atoms with Gasteiger partial charge in [0.25, 0.3) is 11.5 Å². The van der Waals surface area contributed by atoms with Gasteiger partial charge in [-0.15, -0.1) is 0 Å². The average Bonchev–Trinajstić information content (AvgIpc) is 2.88. The number of H-pyrrole nitrogens is 1. The first-order valence-corrected chi connectivity index (χ1v) is 11.4. The monoisotopic (exact) mass is 540 g/mol. The van der Waals surface area contributed by atoms with E-state index in [-0.39, 0.29) is 47.1 Å². The number of nitrogens with two attached hydrogens (primary N) is 3. The van der Waals surface area contributed by atoms with E-state index in [1.807, 2.05) is 26.0 Å². The van der Waals surface area contributed by atoms with Crippen molar-refractivity contribution in [3.63, 3.8) is 0 Å². The minimum Gasteiger partial charge on any atom is -0.379 e. The molecule has 2 aromatic heterocycles. The number of anilines is 2. The first kappa shape index (κ1) is 31.7. The molecule has 16 heteroatoms. The normalized spacial score (nSPS) is 10.4. The number of fused-ring (bicyclic) bond motifs is 1. The van der Waals surface area contributed by atoms with Gasteiger partial charge >= 0.3 is 6.15 Å². The lowest BCUT2D eigenvalue weighted by atomic mass is 10.1. The van der Waals surface area contributed by atoms with Gasteiger partial charge in [-0.2, -0.15) is 19.6 Å². The van der Waals surface area contributed by atoms with E-state index in [9.17, 15) is 9.59 Å². The fourth-order valence-electron chi connectivity index (χ4n) is 2.62. The Morgan fingerprint density at radius 3 is 2.33 bits per heavy atom. The number of rotatable bonds is 6. The van der Waals surface area contributed by atoms with Crippen LogP contribution in [0.3, 0.4) is 0 Å². The molecule has 0 aliphatic carbocycles. The Labute approximate surface area is 223 Å². The van der Waals surface area contributed by atoms with Crippen LogP contribution in [0.25, 0.3) is 11.2 Å². The summed E-state index contributed by atoms with van der Waals surface area (Å²) in [7, 11) is 3.38. The van der Waals surface area contributed by atoms with Gasteiger partial charge in [-0.25, -0.2) is 9.97 Å². The predicted molar refractivity (Wildman–Crippen MR) is 146 cm³/mol. The number of benzene rings is 1. The largest absolute Gasteiger partial charge is 0.379 e. The van der Waals surface area contributed by atoms with Crippen molar-refractivity contribution in [3.8, 4) is 0 Å². The second-order valence-electron chi connectivity index (χ2n) is 8.04. The molecular formula is C23H32N12O4. The summed E-state index contributed by atoms with van der Waals surface area (Å²) in [4.78, 5) is 59.9. The van der Waals surface area contributed by atoms with E-state index >= 15 is 0 Å². The number of amides is 1. The fraction of sp³-hybridized carbons (Fsp3) is 0.304. The highest BCUT2D eigenvalue weighted by Crippen LogP contribution is 2.12. The maximum absolute atomic E-state index is 12.1. The van der Waals surface area contributed by atoms with Crippen molar-refractivity contribution in [3.05, 3.63) is 52.1 Å². The van der Waals surface area contributed by atoms with Crippen LogP contribution in [-0.4, -0.2) is 69.0 Å². The standard InChI is InChI=1S/C18H21N7O2.C4H11N5.CO2/c1-3-10(2)22-16(26)11-4-6-12(7-5-11)20-8-13-9-21-15-14(23-13)17(27)25-18(19)24-15;1-9(2)4(7)8-3(5)6;2-1-3/h4-7,9-10,20H,3,8H2,1-2H3,(H,22,26)(H3,19,21,24,25,27);1-2H3,(H5,5,6,7,8);. The smallest absolute Gasteiger partial charge is 0.373 e. The molecule has 2 heterocycles. The van der Waals surface area contributed by atoms with Crippen molar-refractivity contribution in [2.75, 3.05) is 25.1 Å². The molecule has 1 aromatic carbocycles. The number of hydrogen-bond donors (Lipinski definition) is 7. The Balaban J connectivity index is 0.000000534. The average molecular weight is 541 g/mol. The molecule has 0 radical (unpaired) electrons. The highest BCUT2D eigenvalue weighted by molar-refractivity contribution is 5.94. The summed E-state index contributed by atoms with van der Waals surface area (Å²) in [6, 6.07) is 7.27. The molecule has 0 spiro atoms. The second-order valence-corrected chi connectivity index (χ2v) is 8.04. The third-order valence-electron chi connectivity index (χ3n) is 4.76. The molecule has 0 aliphatic rings. The van der Waals surface area contributed by atoms with Crippen LogP contribution in [0.4, 0.5) is 11.6 Å². The number of nitrogen functional groups attached to an aromatic ring is 1. The SMILES string of the molecule is CCC(C)NC(=O)c1ccc(NCc2cnc3nc(N)[nH]c(=O)c3n2)cc1.CN(C)C(=N)N=C(N)N.O=C=O. The minimum absolute atomic E-state index is 0.00475. The van der Waals surface area contributed by atoms with E-state index in [2.05, 4.69) is 35.6 Å². The summed E-state index contributed by atoms with van der Waals surface area (Å²) >= 11 is 0. The van der Waals surface area contributed by atoms with E-state index in [0.717, 1.165) is 12.1 Å². The molecule has 39 heavy (non-hydrogen) atoms. The van der Waals surface area contributed by atoms with Crippen molar-refractivity contribution < 1.29 is 14.4 Å².